The lowest BCUT2D eigenvalue weighted by Gasteiger charge is -2.18. The van der Waals surface area contributed by atoms with E-state index < -0.39 is 6.10 Å². The predicted molar refractivity (Wildman–Crippen MR) is 302 cm³/mol. The molecule has 404 valence electrons. The summed E-state index contributed by atoms with van der Waals surface area (Å²) in [5.74, 6) is -0.980. The zero-order chi connectivity index (χ0) is 50.7. The summed E-state index contributed by atoms with van der Waals surface area (Å²) in [7, 11) is 0. The Labute approximate surface area is 433 Å². The van der Waals surface area contributed by atoms with Crippen LogP contribution >= 0.6 is 0 Å². The summed E-state index contributed by atoms with van der Waals surface area (Å²) in [4.78, 5) is 38.1. The van der Waals surface area contributed by atoms with Crippen LogP contribution in [0.1, 0.15) is 297 Å². The number of hydrogen-bond acceptors (Lipinski definition) is 6. The number of rotatable bonds is 54. The second-order valence-electron chi connectivity index (χ2n) is 19.9. The van der Waals surface area contributed by atoms with Gasteiger partial charge in [0.1, 0.15) is 13.2 Å². The molecular weight excluding hydrogens is 865 g/mol. The van der Waals surface area contributed by atoms with Gasteiger partial charge < -0.3 is 14.2 Å². The Bertz CT molecular complexity index is 1310. The normalized spacial score (nSPS) is 12.6. The van der Waals surface area contributed by atoms with Crippen LogP contribution in [0, 0.1) is 0 Å². The lowest BCUT2D eigenvalue weighted by molar-refractivity contribution is -0.166. The number of carbonyl (C=O) groups excluding carboxylic acids is 3. The molecule has 70 heavy (non-hydrogen) atoms. The minimum absolute atomic E-state index is 0.0982. The highest BCUT2D eigenvalue weighted by atomic mass is 16.6. The van der Waals surface area contributed by atoms with Gasteiger partial charge in [0, 0.05) is 19.3 Å². The van der Waals surface area contributed by atoms with Gasteiger partial charge >= 0.3 is 17.9 Å². The third-order valence-corrected chi connectivity index (χ3v) is 13.0. The standard InChI is InChI=1S/C64H112O6/c1-4-7-10-13-16-19-22-25-27-29-31-32-33-35-36-39-42-45-48-51-54-57-63(66)69-60-61(59-68-62(65)56-53-50-47-44-41-38-24-21-18-15-12-9-6-3)70-64(67)58-55-52-49-46-43-40-37-34-30-28-26-23-20-17-14-11-8-5-2/h9,12,18,20-21,23,28,30,38,41,47,50,61H,4-8,10-11,13-17,19,22,24-27,29,31-37,39-40,42-46,48-49,51-60H2,1-3H3/b12-9-,21-18-,23-20-,30-28-,41-38-,50-47-. The van der Waals surface area contributed by atoms with Crippen molar-refractivity contribution >= 4 is 17.9 Å². The van der Waals surface area contributed by atoms with Crippen LogP contribution in [0.3, 0.4) is 0 Å². The van der Waals surface area contributed by atoms with Crippen LogP contribution < -0.4 is 0 Å². The minimum Gasteiger partial charge on any atom is -0.462 e. The van der Waals surface area contributed by atoms with Crippen LogP contribution in [-0.2, 0) is 28.6 Å². The molecule has 6 heteroatoms. The van der Waals surface area contributed by atoms with E-state index in [-0.39, 0.29) is 37.5 Å². The Morgan fingerprint density at radius 1 is 0.300 bits per heavy atom. The molecule has 1 unspecified atom stereocenters. The van der Waals surface area contributed by atoms with Crippen molar-refractivity contribution in [3.05, 3.63) is 72.9 Å². The molecule has 0 aromatic carbocycles. The highest BCUT2D eigenvalue weighted by Crippen LogP contribution is 2.17. The van der Waals surface area contributed by atoms with E-state index in [9.17, 15) is 14.4 Å². The molecule has 0 rings (SSSR count). The van der Waals surface area contributed by atoms with Crippen molar-refractivity contribution in [1.82, 2.24) is 0 Å². The third kappa shape index (κ3) is 55.8. The first kappa shape index (κ1) is 66.9. The molecule has 0 bridgehead atoms. The van der Waals surface area contributed by atoms with Gasteiger partial charge in [0.15, 0.2) is 6.10 Å². The van der Waals surface area contributed by atoms with Gasteiger partial charge in [0.25, 0.3) is 0 Å². The lowest BCUT2D eigenvalue weighted by atomic mass is 10.0. The van der Waals surface area contributed by atoms with Crippen LogP contribution in [0.15, 0.2) is 72.9 Å². The summed E-state index contributed by atoms with van der Waals surface area (Å²) < 4.78 is 16.8. The van der Waals surface area contributed by atoms with Gasteiger partial charge in [0.05, 0.1) is 0 Å². The smallest absolute Gasteiger partial charge is 0.306 e. The summed E-state index contributed by atoms with van der Waals surface area (Å²) in [6.07, 6.45) is 74.9. The zero-order valence-corrected chi connectivity index (χ0v) is 46.3. The fourth-order valence-electron chi connectivity index (χ4n) is 8.49. The number of esters is 3. The summed E-state index contributed by atoms with van der Waals surface area (Å²) in [6, 6.07) is 0. The highest BCUT2D eigenvalue weighted by Gasteiger charge is 2.19. The summed E-state index contributed by atoms with van der Waals surface area (Å²) in [6.45, 7) is 6.47. The highest BCUT2D eigenvalue weighted by molar-refractivity contribution is 5.71. The molecule has 1 atom stereocenters. The molecule has 0 amide bonds. The fourth-order valence-corrected chi connectivity index (χ4v) is 8.49. The number of ether oxygens (including phenoxy) is 3. The van der Waals surface area contributed by atoms with Gasteiger partial charge in [-0.25, -0.2) is 0 Å². The van der Waals surface area contributed by atoms with Crippen LogP contribution in [0.2, 0.25) is 0 Å². The molecule has 6 nitrogen and oxygen atoms in total. The molecule has 0 aliphatic carbocycles. The van der Waals surface area contributed by atoms with Crippen LogP contribution in [0.4, 0.5) is 0 Å². The maximum atomic E-state index is 12.9. The molecule has 0 fully saturated rings. The van der Waals surface area contributed by atoms with Crippen molar-refractivity contribution < 1.29 is 28.6 Å². The quantitative estimate of drug-likeness (QED) is 0.0261. The maximum Gasteiger partial charge on any atom is 0.306 e. The van der Waals surface area contributed by atoms with Crippen molar-refractivity contribution in [2.45, 2.75) is 303 Å². The molecule has 0 saturated carbocycles. The Morgan fingerprint density at radius 2 is 0.586 bits per heavy atom. The maximum absolute atomic E-state index is 12.9. The SMILES string of the molecule is CC/C=C\C/C=C\C/C=C\C/C=C\CCC(=O)OCC(COC(=O)CCCCCCCCCCCCCCCCCCCCCCC)OC(=O)CCCCCCCCC/C=C\C/C=C\CCCCCC. The molecule has 0 heterocycles. The molecular formula is C64H112O6. The van der Waals surface area contributed by atoms with Crippen molar-refractivity contribution in [3.63, 3.8) is 0 Å². The van der Waals surface area contributed by atoms with Gasteiger partial charge in [-0.15, -0.1) is 0 Å². The van der Waals surface area contributed by atoms with E-state index in [1.807, 2.05) is 6.08 Å². The van der Waals surface area contributed by atoms with Gasteiger partial charge in [-0.2, -0.15) is 0 Å². The Balaban J connectivity index is 4.37. The average Bonchev–Trinajstić information content (AvgIpc) is 3.36. The van der Waals surface area contributed by atoms with Crippen LogP contribution in [0.5, 0.6) is 0 Å². The second kappa shape index (κ2) is 58.4. The first-order chi connectivity index (χ1) is 34.5. The molecule has 0 aromatic rings. The van der Waals surface area contributed by atoms with Gasteiger partial charge in [0.2, 0.25) is 0 Å². The summed E-state index contributed by atoms with van der Waals surface area (Å²) in [5, 5.41) is 0. The minimum atomic E-state index is -0.807. The van der Waals surface area contributed by atoms with E-state index >= 15 is 0 Å². The van der Waals surface area contributed by atoms with Crippen molar-refractivity contribution in [2.24, 2.45) is 0 Å². The predicted octanol–water partition coefficient (Wildman–Crippen LogP) is 20.2. The fraction of sp³-hybridized carbons (Fsp3) is 0.766. The number of hydrogen-bond donors (Lipinski definition) is 0. The Kier molecular flexibility index (Phi) is 55.8. The van der Waals surface area contributed by atoms with Gasteiger partial charge in [-0.1, -0.05) is 273 Å². The molecule has 0 spiro atoms. The van der Waals surface area contributed by atoms with E-state index in [1.54, 1.807) is 0 Å². The van der Waals surface area contributed by atoms with Crippen molar-refractivity contribution in [1.29, 1.82) is 0 Å². The Morgan fingerprint density at radius 3 is 0.971 bits per heavy atom. The topological polar surface area (TPSA) is 78.9 Å². The number of unbranched alkanes of at least 4 members (excludes halogenated alkanes) is 31. The van der Waals surface area contributed by atoms with E-state index in [1.165, 1.54) is 173 Å². The average molecular weight is 978 g/mol. The monoisotopic (exact) mass is 977 g/mol. The van der Waals surface area contributed by atoms with Crippen molar-refractivity contribution in [3.8, 4) is 0 Å². The molecule has 0 N–H and O–H groups in total. The molecule has 0 aromatic heterocycles. The van der Waals surface area contributed by atoms with Crippen LogP contribution in [-0.4, -0.2) is 37.2 Å². The largest absolute Gasteiger partial charge is 0.462 e. The van der Waals surface area contributed by atoms with E-state index in [0.29, 0.717) is 19.3 Å². The van der Waals surface area contributed by atoms with Crippen molar-refractivity contribution in [2.75, 3.05) is 13.2 Å². The summed E-state index contributed by atoms with van der Waals surface area (Å²) in [5.41, 5.74) is 0. The van der Waals surface area contributed by atoms with Crippen LogP contribution in [0.25, 0.3) is 0 Å². The lowest BCUT2D eigenvalue weighted by Crippen LogP contribution is -2.30. The second-order valence-corrected chi connectivity index (χ2v) is 19.9. The molecule has 0 saturated heterocycles. The first-order valence-corrected chi connectivity index (χ1v) is 29.9. The molecule has 0 aliphatic rings. The van der Waals surface area contributed by atoms with Gasteiger partial charge in [-0.05, 0) is 77.0 Å². The molecule has 0 aliphatic heterocycles. The number of carbonyl (C=O) groups is 3. The van der Waals surface area contributed by atoms with E-state index in [4.69, 9.17) is 14.2 Å². The first-order valence-electron chi connectivity index (χ1n) is 29.9. The summed E-state index contributed by atoms with van der Waals surface area (Å²) >= 11 is 0. The third-order valence-electron chi connectivity index (χ3n) is 13.0. The zero-order valence-electron chi connectivity index (χ0n) is 46.3. The van der Waals surface area contributed by atoms with E-state index in [2.05, 4.69) is 87.6 Å². The number of allylic oxidation sites excluding steroid dienone is 12. The Hall–Kier alpha value is -3.15. The molecule has 0 radical (unpaired) electrons. The van der Waals surface area contributed by atoms with Gasteiger partial charge in [-0.3, -0.25) is 14.4 Å². The van der Waals surface area contributed by atoms with E-state index in [0.717, 1.165) is 77.0 Å².